The van der Waals surface area contributed by atoms with Crippen LogP contribution in [-0.2, 0) is 14.3 Å². The summed E-state index contributed by atoms with van der Waals surface area (Å²) in [5.74, 6) is -0.0872. The zero-order valence-corrected chi connectivity index (χ0v) is 11.8. The summed E-state index contributed by atoms with van der Waals surface area (Å²) in [6, 6.07) is 2.23. The molecule has 2 aliphatic rings. The Kier molecular flexibility index (Phi) is 5.40. The summed E-state index contributed by atoms with van der Waals surface area (Å²) < 4.78 is 5.39. The largest absolute Gasteiger partial charge is 0.461 e. The van der Waals surface area contributed by atoms with E-state index in [2.05, 4.69) is 11.4 Å². The van der Waals surface area contributed by atoms with E-state index in [4.69, 9.17) is 10.00 Å². The number of nitrogens with one attached hydrogen (secondary N) is 1. The lowest BCUT2D eigenvalue weighted by atomic mass is 9.87. The van der Waals surface area contributed by atoms with Crippen LogP contribution in [0, 0.1) is 23.2 Å². The lowest BCUT2D eigenvalue weighted by Crippen LogP contribution is -2.30. The first-order valence-electron chi connectivity index (χ1n) is 7.57. The first kappa shape index (κ1) is 14.8. The molecule has 0 unspecified atom stereocenters. The molecule has 0 aromatic heterocycles. The number of hydrogen-bond acceptors (Lipinski definition) is 4. The van der Waals surface area contributed by atoms with E-state index in [0.717, 1.165) is 38.5 Å². The van der Waals surface area contributed by atoms with Crippen LogP contribution < -0.4 is 5.32 Å². The standard InChI is InChI=1S/C15H22N2O3/c16-10-12-4-1-2-5-13(12)20-14(18)6-3-9-17-15(19)11-7-8-11/h11-13H,1-9H2,(H,17,19)/t12-,13+/m1/s1. The van der Waals surface area contributed by atoms with Gasteiger partial charge in [-0.2, -0.15) is 5.26 Å². The summed E-state index contributed by atoms with van der Waals surface area (Å²) in [6.07, 6.45) is 6.33. The molecule has 5 heteroatoms. The smallest absolute Gasteiger partial charge is 0.306 e. The molecular weight excluding hydrogens is 256 g/mol. The number of carbonyl (C=O) groups excluding carboxylic acids is 2. The third-order valence-corrected chi connectivity index (χ3v) is 3.96. The fraction of sp³-hybridized carbons (Fsp3) is 0.800. The lowest BCUT2D eigenvalue weighted by molar-refractivity contribution is -0.152. The molecule has 0 heterocycles. The quantitative estimate of drug-likeness (QED) is 0.594. The number of amides is 1. The third-order valence-electron chi connectivity index (χ3n) is 3.96. The zero-order valence-electron chi connectivity index (χ0n) is 11.8. The molecule has 2 atom stereocenters. The Labute approximate surface area is 119 Å². The Morgan fingerprint density at radius 3 is 2.65 bits per heavy atom. The maximum atomic E-state index is 11.7. The van der Waals surface area contributed by atoms with Crippen molar-refractivity contribution in [3.05, 3.63) is 0 Å². The molecule has 0 saturated heterocycles. The highest BCUT2D eigenvalue weighted by Crippen LogP contribution is 2.28. The average molecular weight is 278 g/mol. The second-order valence-electron chi connectivity index (χ2n) is 5.72. The summed E-state index contributed by atoms with van der Waals surface area (Å²) in [5, 5.41) is 11.8. The van der Waals surface area contributed by atoms with Crippen LogP contribution >= 0.6 is 0 Å². The zero-order chi connectivity index (χ0) is 14.4. The van der Waals surface area contributed by atoms with Crippen molar-refractivity contribution < 1.29 is 14.3 Å². The second-order valence-corrected chi connectivity index (χ2v) is 5.72. The molecular formula is C15H22N2O3. The number of nitriles is 1. The van der Waals surface area contributed by atoms with Crippen molar-refractivity contribution in [1.29, 1.82) is 5.26 Å². The van der Waals surface area contributed by atoms with Crippen LogP contribution in [0.3, 0.4) is 0 Å². The van der Waals surface area contributed by atoms with Gasteiger partial charge >= 0.3 is 5.97 Å². The van der Waals surface area contributed by atoms with Gasteiger partial charge in [0.1, 0.15) is 6.10 Å². The van der Waals surface area contributed by atoms with Crippen LogP contribution in [0.2, 0.25) is 0 Å². The van der Waals surface area contributed by atoms with Crippen molar-refractivity contribution in [2.24, 2.45) is 11.8 Å². The Morgan fingerprint density at radius 2 is 1.95 bits per heavy atom. The van der Waals surface area contributed by atoms with Gasteiger partial charge in [0.2, 0.25) is 5.91 Å². The van der Waals surface area contributed by atoms with E-state index >= 15 is 0 Å². The predicted molar refractivity (Wildman–Crippen MR) is 72.4 cm³/mol. The minimum atomic E-state index is -0.252. The van der Waals surface area contributed by atoms with Gasteiger partial charge in [0, 0.05) is 18.9 Å². The normalized spacial score (nSPS) is 25.6. The van der Waals surface area contributed by atoms with Crippen molar-refractivity contribution in [2.75, 3.05) is 6.54 Å². The minimum Gasteiger partial charge on any atom is -0.461 e. The average Bonchev–Trinajstić information content (AvgIpc) is 3.28. The van der Waals surface area contributed by atoms with Gasteiger partial charge in [-0.3, -0.25) is 9.59 Å². The van der Waals surface area contributed by atoms with Crippen molar-refractivity contribution in [3.63, 3.8) is 0 Å². The molecule has 0 aromatic carbocycles. The molecule has 110 valence electrons. The molecule has 0 spiro atoms. The van der Waals surface area contributed by atoms with Crippen molar-refractivity contribution in [3.8, 4) is 6.07 Å². The van der Waals surface area contributed by atoms with Gasteiger partial charge in [0.25, 0.3) is 0 Å². The summed E-state index contributed by atoms with van der Waals surface area (Å²) in [4.78, 5) is 23.1. The summed E-state index contributed by atoms with van der Waals surface area (Å²) in [5.41, 5.74) is 0. The number of ether oxygens (including phenoxy) is 1. The highest BCUT2D eigenvalue weighted by molar-refractivity contribution is 5.80. The third kappa shape index (κ3) is 4.52. The fourth-order valence-corrected chi connectivity index (χ4v) is 2.55. The Hall–Kier alpha value is -1.57. The molecule has 0 aromatic rings. The van der Waals surface area contributed by atoms with Crippen LogP contribution in [0.15, 0.2) is 0 Å². The first-order chi connectivity index (χ1) is 9.70. The SMILES string of the molecule is N#C[C@H]1CCCC[C@@H]1OC(=O)CCCNC(=O)C1CC1. The number of nitrogens with zero attached hydrogens (tertiary/aromatic N) is 1. The Morgan fingerprint density at radius 1 is 1.20 bits per heavy atom. The number of rotatable bonds is 6. The molecule has 2 rings (SSSR count). The van der Waals surface area contributed by atoms with Gasteiger partial charge in [-0.15, -0.1) is 0 Å². The van der Waals surface area contributed by atoms with E-state index in [-0.39, 0.29) is 29.8 Å². The van der Waals surface area contributed by atoms with Gasteiger partial charge in [-0.25, -0.2) is 0 Å². The molecule has 5 nitrogen and oxygen atoms in total. The maximum Gasteiger partial charge on any atom is 0.306 e. The molecule has 1 amide bonds. The van der Waals surface area contributed by atoms with Gasteiger partial charge in [0.05, 0.1) is 12.0 Å². The highest BCUT2D eigenvalue weighted by Gasteiger charge is 2.29. The molecule has 2 aliphatic carbocycles. The van der Waals surface area contributed by atoms with E-state index in [1.165, 1.54) is 0 Å². The van der Waals surface area contributed by atoms with E-state index in [1.54, 1.807) is 0 Å². The fourth-order valence-electron chi connectivity index (χ4n) is 2.55. The van der Waals surface area contributed by atoms with E-state index in [0.29, 0.717) is 19.4 Å². The van der Waals surface area contributed by atoms with Crippen molar-refractivity contribution >= 4 is 11.9 Å². The molecule has 2 saturated carbocycles. The van der Waals surface area contributed by atoms with Crippen LogP contribution in [0.4, 0.5) is 0 Å². The van der Waals surface area contributed by atoms with Gasteiger partial charge in [-0.1, -0.05) is 6.42 Å². The summed E-state index contributed by atoms with van der Waals surface area (Å²) in [7, 11) is 0. The van der Waals surface area contributed by atoms with Gasteiger partial charge < -0.3 is 10.1 Å². The van der Waals surface area contributed by atoms with Gasteiger partial charge in [0.15, 0.2) is 0 Å². The number of carbonyl (C=O) groups is 2. The van der Waals surface area contributed by atoms with Crippen LogP contribution in [-0.4, -0.2) is 24.5 Å². The van der Waals surface area contributed by atoms with Crippen LogP contribution in [0.1, 0.15) is 51.4 Å². The summed E-state index contributed by atoms with van der Waals surface area (Å²) in [6.45, 7) is 0.525. The highest BCUT2D eigenvalue weighted by atomic mass is 16.5. The monoisotopic (exact) mass is 278 g/mol. The molecule has 20 heavy (non-hydrogen) atoms. The van der Waals surface area contributed by atoms with E-state index in [1.807, 2.05) is 0 Å². The number of hydrogen-bond donors (Lipinski definition) is 1. The minimum absolute atomic E-state index is 0.107. The second kappa shape index (κ2) is 7.28. The molecule has 0 bridgehead atoms. The van der Waals surface area contributed by atoms with Crippen molar-refractivity contribution in [2.45, 2.75) is 57.5 Å². The van der Waals surface area contributed by atoms with Crippen LogP contribution in [0.5, 0.6) is 0 Å². The lowest BCUT2D eigenvalue weighted by Gasteiger charge is -2.26. The maximum absolute atomic E-state index is 11.7. The molecule has 0 radical (unpaired) electrons. The summed E-state index contributed by atoms with van der Waals surface area (Å²) >= 11 is 0. The molecule has 0 aliphatic heterocycles. The Bertz CT molecular complexity index is 398. The number of esters is 1. The first-order valence-corrected chi connectivity index (χ1v) is 7.57. The molecule has 2 fully saturated rings. The topological polar surface area (TPSA) is 79.2 Å². The Balaban J connectivity index is 1.59. The van der Waals surface area contributed by atoms with Gasteiger partial charge in [-0.05, 0) is 38.5 Å². The van der Waals surface area contributed by atoms with Crippen LogP contribution in [0.25, 0.3) is 0 Å². The van der Waals surface area contributed by atoms with E-state index in [9.17, 15) is 9.59 Å². The predicted octanol–water partition coefficient (Wildman–Crippen LogP) is 1.92. The van der Waals surface area contributed by atoms with E-state index < -0.39 is 0 Å². The van der Waals surface area contributed by atoms with Crippen molar-refractivity contribution in [1.82, 2.24) is 5.32 Å². The molecule has 1 N–H and O–H groups in total.